The van der Waals surface area contributed by atoms with Crippen LogP contribution in [0.15, 0.2) is 6.07 Å². The second-order valence-corrected chi connectivity index (χ2v) is 4.24. The smallest absolute Gasteiger partial charge is 0.273 e. The topological polar surface area (TPSA) is 42.4 Å². The Kier molecular flexibility index (Phi) is 2.79. The minimum absolute atomic E-state index is 0.0256. The molecule has 0 radical (unpaired) electrons. The fraction of sp³-hybridized carbons (Fsp3) is 0.556. The van der Waals surface area contributed by atoms with Gasteiger partial charge in [0.15, 0.2) is 0 Å². The van der Waals surface area contributed by atoms with Crippen LogP contribution in [-0.2, 0) is 4.74 Å². The van der Waals surface area contributed by atoms with Gasteiger partial charge in [0.05, 0.1) is 13.2 Å². The normalized spacial score (nSPS) is 17.1. The summed E-state index contributed by atoms with van der Waals surface area (Å²) in [4.78, 5) is 14.7. The Hall–Kier alpha value is -0.940. The second-order valence-electron chi connectivity index (χ2n) is 3.23. The summed E-state index contributed by atoms with van der Waals surface area (Å²) >= 11 is 1.37. The van der Waals surface area contributed by atoms with Crippen molar-refractivity contribution in [3.63, 3.8) is 0 Å². The largest absolute Gasteiger partial charge is 0.378 e. The Morgan fingerprint density at radius 2 is 2.29 bits per heavy atom. The lowest BCUT2D eigenvalue weighted by atomic mass is 10.3. The fourth-order valence-corrected chi connectivity index (χ4v) is 1.93. The van der Waals surface area contributed by atoms with Crippen molar-refractivity contribution in [1.29, 1.82) is 0 Å². The Balaban J connectivity index is 2.07. The molecular weight excluding hydrogens is 200 g/mol. The molecule has 1 fully saturated rings. The molecule has 0 atom stereocenters. The minimum atomic E-state index is 0.0256. The van der Waals surface area contributed by atoms with Crippen LogP contribution in [0.25, 0.3) is 0 Å². The summed E-state index contributed by atoms with van der Waals surface area (Å²) in [7, 11) is 0. The van der Waals surface area contributed by atoms with E-state index < -0.39 is 0 Å². The summed E-state index contributed by atoms with van der Waals surface area (Å²) in [6.07, 6.45) is 0. The van der Waals surface area contributed by atoms with Gasteiger partial charge >= 0.3 is 0 Å². The first-order valence-electron chi connectivity index (χ1n) is 4.58. The second kappa shape index (κ2) is 4.06. The molecular formula is C9H12N2O2S. The Labute approximate surface area is 86.7 Å². The SMILES string of the molecule is Cc1cc(C(=O)N2CCOCC2)ns1. The van der Waals surface area contributed by atoms with Gasteiger partial charge in [-0.15, -0.1) is 0 Å². The zero-order valence-corrected chi connectivity index (χ0v) is 8.84. The van der Waals surface area contributed by atoms with Gasteiger partial charge in [-0.2, -0.15) is 4.37 Å². The average Bonchev–Trinajstić information content (AvgIpc) is 2.65. The number of hydrogen-bond acceptors (Lipinski definition) is 4. The van der Waals surface area contributed by atoms with Crippen LogP contribution in [0.3, 0.4) is 0 Å². The van der Waals surface area contributed by atoms with Crippen molar-refractivity contribution in [2.45, 2.75) is 6.92 Å². The van der Waals surface area contributed by atoms with E-state index in [4.69, 9.17) is 4.74 Å². The van der Waals surface area contributed by atoms with Crippen molar-refractivity contribution in [3.8, 4) is 0 Å². The number of amides is 1. The molecule has 1 aliphatic rings. The lowest BCUT2D eigenvalue weighted by Gasteiger charge is -2.25. The van der Waals surface area contributed by atoms with Crippen molar-refractivity contribution in [3.05, 3.63) is 16.6 Å². The lowest BCUT2D eigenvalue weighted by molar-refractivity contribution is 0.0300. The Bertz CT molecular complexity index is 331. The summed E-state index contributed by atoms with van der Waals surface area (Å²) in [6, 6.07) is 1.84. The maximum absolute atomic E-state index is 11.8. The van der Waals surface area contributed by atoms with Gasteiger partial charge < -0.3 is 9.64 Å². The summed E-state index contributed by atoms with van der Waals surface area (Å²) < 4.78 is 9.28. The summed E-state index contributed by atoms with van der Waals surface area (Å²) in [5.74, 6) is 0.0256. The number of ether oxygens (including phenoxy) is 1. The Morgan fingerprint density at radius 3 is 2.86 bits per heavy atom. The quantitative estimate of drug-likeness (QED) is 0.695. The highest BCUT2D eigenvalue weighted by atomic mass is 32.1. The molecule has 2 heterocycles. The molecule has 1 amide bonds. The molecule has 1 aromatic heterocycles. The molecule has 4 nitrogen and oxygen atoms in total. The predicted molar refractivity (Wildman–Crippen MR) is 53.6 cm³/mol. The highest BCUT2D eigenvalue weighted by molar-refractivity contribution is 7.05. The van der Waals surface area contributed by atoms with E-state index in [1.165, 1.54) is 11.5 Å². The predicted octanol–water partition coefficient (Wildman–Crippen LogP) is 0.924. The number of hydrogen-bond donors (Lipinski definition) is 0. The number of nitrogens with zero attached hydrogens (tertiary/aromatic N) is 2. The van der Waals surface area contributed by atoms with Gasteiger partial charge in [0.25, 0.3) is 5.91 Å². The maximum atomic E-state index is 11.8. The van der Waals surface area contributed by atoms with Crippen LogP contribution in [0.4, 0.5) is 0 Å². The standard InChI is InChI=1S/C9H12N2O2S/c1-7-6-8(10-14-7)9(12)11-2-4-13-5-3-11/h6H,2-5H2,1H3. The Morgan fingerprint density at radius 1 is 1.57 bits per heavy atom. The van der Waals surface area contributed by atoms with Crippen molar-refractivity contribution in [2.75, 3.05) is 26.3 Å². The molecule has 0 N–H and O–H groups in total. The van der Waals surface area contributed by atoms with Crippen molar-refractivity contribution in [2.24, 2.45) is 0 Å². The van der Waals surface area contributed by atoms with Crippen LogP contribution in [0.5, 0.6) is 0 Å². The number of carbonyl (C=O) groups excluding carboxylic acids is 1. The van der Waals surface area contributed by atoms with Crippen LogP contribution >= 0.6 is 11.5 Å². The number of morpholine rings is 1. The van der Waals surface area contributed by atoms with E-state index >= 15 is 0 Å². The van der Waals surface area contributed by atoms with Crippen molar-refractivity contribution < 1.29 is 9.53 Å². The molecule has 0 aromatic carbocycles. The van der Waals surface area contributed by atoms with E-state index in [1.54, 1.807) is 4.90 Å². The first-order chi connectivity index (χ1) is 6.77. The number of aromatic nitrogens is 1. The first kappa shape index (κ1) is 9.61. The highest BCUT2D eigenvalue weighted by Gasteiger charge is 2.20. The molecule has 0 bridgehead atoms. The third-order valence-electron chi connectivity index (χ3n) is 2.15. The first-order valence-corrected chi connectivity index (χ1v) is 5.35. The zero-order chi connectivity index (χ0) is 9.97. The molecule has 14 heavy (non-hydrogen) atoms. The molecule has 0 spiro atoms. The van der Waals surface area contributed by atoms with Crippen LogP contribution in [0, 0.1) is 6.92 Å². The molecule has 1 aromatic rings. The molecule has 0 aliphatic carbocycles. The monoisotopic (exact) mass is 212 g/mol. The van der Waals surface area contributed by atoms with Gasteiger partial charge in [0.2, 0.25) is 0 Å². The van der Waals surface area contributed by atoms with Crippen molar-refractivity contribution >= 4 is 17.4 Å². The lowest BCUT2D eigenvalue weighted by Crippen LogP contribution is -2.40. The number of aryl methyl sites for hydroxylation is 1. The van der Waals surface area contributed by atoms with E-state index in [-0.39, 0.29) is 5.91 Å². The average molecular weight is 212 g/mol. The zero-order valence-electron chi connectivity index (χ0n) is 8.02. The van der Waals surface area contributed by atoms with Gasteiger partial charge in [-0.1, -0.05) is 0 Å². The third kappa shape index (κ3) is 1.93. The summed E-state index contributed by atoms with van der Waals surface area (Å²) in [6.45, 7) is 4.57. The summed E-state index contributed by atoms with van der Waals surface area (Å²) in [5.41, 5.74) is 0.564. The fourth-order valence-electron chi connectivity index (χ4n) is 1.40. The van der Waals surface area contributed by atoms with Gasteiger partial charge in [-0.05, 0) is 24.5 Å². The van der Waals surface area contributed by atoms with Crippen LogP contribution < -0.4 is 0 Å². The number of rotatable bonds is 1. The van der Waals surface area contributed by atoms with Gasteiger partial charge in [-0.25, -0.2) is 0 Å². The molecule has 2 rings (SSSR count). The molecule has 1 aliphatic heterocycles. The molecule has 5 heteroatoms. The third-order valence-corrected chi connectivity index (χ3v) is 2.84. The summed E-state index contributed by atoms with van der Waals surface area (Å²) in [5, 5.41) is 0. The van der Waals surface area contributed by atoms with E-state index in [0.717, 1.165) is 4.88 Å². The minimum Gasteiger partial charge on any atom is -0.378 e. The van der Waals surface area contributed by atoms with Gasteiger partial charge in [0.1, 0.15) is 5.69 Å². The van der Waals surface area contributed by atoms with E-state index in [2.05, 4.69) is 4.37 Å². The molecule has 1 saturated heterocycles. The van der Waals surface area contributed by atoms with E-state index in [9.17, 15) is 4.79 Å². The van der Waals surface area contributed by atoms with Gasteiger partial charge in [0, 0.05) is 18.0 Å². The van der Waals surface area contributed by atoms with Gasteiger partial charge in [-0.3, -0.25) is 4.79 Å². The molecule has 76 valence electrons. The van der Waals surface area contributed by atoms with Crippen molar-refractivity contribution in [1.82, 2.24) is 9.27 Å². The molecule has 0 unspecified atom stereocenters. The van der Waals surface area contributed by atoms with E-state index in [1.807, 2.05) is 13.0 Å². The maximum Gasteiger partial charge on any atom is 0.273 e. The highest BCUT2D eigenvalue weighted by Crippen LogP contribution is 2.11. The van der Waals surface area contributed by atoms with Crippen LogP contribution in [0.1, 0.15) is 15.4 Å². The van der Waals surface area contributed by atoms with Crippen LogP contribution in [0.2, 0.25) is 0 Å². The number of carbonyl (C=O) groups is 1. The van der Waals surface area contributed by atoms with E-state index in [0.29, 0.717) is 32.0 Å². The van der Waals surface area contributed by atoms with Crippen LogP contribution in [-0.4, -0.2) is 41.5 Å². The molecule has 0 saturated carbocycles.